The first-order valence-corrected chi connectivity index (χ1v) is 21.1. The smallest absolute Gasteiger partial charge is 0.164 e. The van der Waals surface area contributed by atoms with E-state index >= 15 is 0 Å². The predicted molar refractivity (Wildman–Crippen MR) is 256 cm³/mol. The second-order valence-corrected chi connectivity index (χ2v) is 15.9. The van der Waals surface area contributed by atoms with Gasteiger partial charge in [0.1, 0.15) is 22.3 Å². The van der Waals surface area contributed by atoms with E-state index in [0.717, 1.165) is 99.5 Å². The summed E-state index contributed by atoms with van der Waals surface area (Å²) >= 11 is 0. The Hall–Kier alpha value is -8.61. The van der Waals surface area contributed by atoms with E-state index in [1.54, 1.807) is 0 Å². The molecule has 0 atom stereocenters. The van der Waals surface area contributed by atoms with Crippen LogP contribution in [0.5, 0.6) is 0 Å². The molecule has 4 heterocycles. The SMILES string of the molecule is c1ccc(-c2ccc(-c3nc(-c4ccc5oc6ccccc6c5c4)nc(-c4cccc5oc6cccc(-c7ccccc7-n7c8ccccc8c8ccccc87)c6c45)n3)cc2)cc1. The Morgan fingerprint density at radius 2 is 0.794 bits per heavy atom. The van der Waals surface area contributed by atoms with Crippen LogP contribution in [0.4, 0.5) is 0 Å². The summed E-state index contributed by atoms with van der Waals surface area (Å²) in [7, 11) is 0. The van der Waals surface area contributed by atoms with Crippen LogP contribution in [-0.4, -0.2) is 19.5 Å². The van der Waals surface area contributed by atoms with Crippen LogP contribution in [0.15, 0.2) is 215 Å². The van der Waals surface area contributed by atoms with E-state index in [9.17, 15) is 0 Å². The molecule has 0 radical (unpaired) electrons. The van der Waals surface area contributed by atoms with Crippen LogP contribution in [0, 0.1) is 0 Å². The van der Waals surface area contributed by atoms with Crippen LogP contribution >= 0.6 is 0 Å². The van der Waals surface area contributed by atoms with Gasteiger partial charge >= 0.3 is 0 Å². The van der Waals surface area contributed by atoms with Crippen molar-refractivity contribution in [3.63, 3.8) is 0 Å². The van der Waals surface area contributed by atoms with E-state index in [0.29, 0.717) is 17.5 Å². The van der Waals surface area contributed by atoms with Crippen LogP contribution in [0.25, 0.3) is 128 Å². The molecule has 63 heavy (non-hydrogen) atoms. The van der Waals surface area contributed by atoms with Gasteiger partial charge < -0.3 is 13.4 Å². The zero-order valence-electron chi connectivity index (χ0n) is 33.7. The fraction of sp³-hybridized carbons (Fsp3) is 0. The van der Waals surface area contributed by atoms with Gasteiger partial charge in [-0.2, -0.15) is 0 Å². The quantitative estimate of drug-likeness (QED) is 0.167. The van der Waals surface area contributed by atoms with Crippen LogP contribution in [0.2, 0.25) is 0 Å². The lowest BCUT2D eigenvalue weighted by molar-refractivity contribution is 0.668. The van der Waals surface area contributed by atoms with Gasteiger partial charge in [0.15, 0.2) is 17.5 Å². The number of benzene rings is 9. The molecule has 0 bridgehead atoms. The van der Waals surface area contributed by atoms with E-state index in [2.05, 4.69) is 162 Å². The van der Waals surface area contributed by atoms with Crippen molar-refractivity contribution in [1.82, 2.24) is 19.5 Å². The number of aromatic nitrogens is 4. The molecule has 0 fully saturated rings. The normalized spacial score (nSPS) is 11.8. The van der Waals surface area contributed by atoms with Crippen LogP contribution < -0.4 is 0 Å². The maximum Gasteiger partial charge on any atom is 0.164 e. The van der Waals surface area contributed by atoms with Gasteiger partial charge in [-0.05, 0) is 71.3 Å². The summed E-state index contributed by atoms with van der Waals surface area (Å²) in [5, 5.41) is 6.43. The molecule has 0 saturated heterocycles. The van der Waals surface area contributed by atoms with E-state index in [1.165, 1.54) is 10.8 Å². The number of para-hydroxylation sites is 4. The molecule has 0 N–H and O–H groups in total. The van der Waals surface area contributed by atoms with Gasteiger partial charge in [-0.1, -0.05) is 152 Å². The Bertz CT molecular complexity index is 3860. The zero-order valence-corrected chi connectivity index (χ0v) is 33.7. The van der Waals surface area contributed by atoms with Gasteiger partial charge in [0.05, 0.1) is 16.7 Å². The van der Waals surface area contributed by atoms with Crippen molar-refractivity contribution in [2.45, 2.75) is 0 Å². The lowest BCUT2D eigenvalue weighted by atomic mass is 9.95. The first kappa shape index (κ1) is 35.2. The largest absolute Gasteiger partial charge is 0.456 e. The van der Waals surface area contributed by atoms with Gasteiger partial charge in [-0.3, -0.25) is 0 Å². The minimum absolute atomic E-state index is 0.554. The lowest BCUT2D eigenvalue weighted by Gasteiger charge is -2.15. The Labute approximate surface area is 361 Å². The van der Waals surface area contributed by atoms with E-state index in [1.807, 2.05) is 48.5 Å². The molecular formula is C57H34N4O2. The van der Waals surface area contributed by atoms with Gasteiger partial charge in [0.2, 0.25) is 0 Å². The van der Waals surface area contributed by atoms with Crippen LogP contribution in [-0.2, 0) is 0 Å². The fourth-order valence-corrected chi connectivity index (χ4v) is 9.42. The molecule has 0 aliphatic carbocycles. The third-order valence-corrected chi connectivity index (χ3v) is 12.3. The highest BCUT2D eigenvalue weighted by Gasteiger charge is 2.23. The number of furan rings is 2. The third kappa shape index (κ3) is 5.62. The molecule has 294 valence electrons. The van der Waals surface area contributed by atoms with Crippen molar-refractivity contribution in [2.24, 2.45) is 0 Å². The fourth-order valence-electron chi connectivity index (χ4n) is 9.42. The highest BCUT2D eigenvalue weighted by Crippen LogP contribution is 2.44. The Balaban J connectivity index is 1.04. The molecule has 0 amide bonds. The third-order valence-electron chi connectivity index (χ3n) is 12.3. The summed E-state index contributed by atoms with van der Waals surface area (Å²) in [4.78, 5) is 15.8. The Morgan fingerprint density at radius 1 is 0.302 bits per heavy atom. The van der Waals surface area contributed by atoms with E-state index < -0.39 is 0 Å². The molecule has 0 aliphatic heterocycles. The Kier molecular flexibility index (Phi) is 7.80. The second-order valence-electron chi connectivity index (χ2n) is 15.9. The maximum atomic E-state index is 6.72. The average molecular weight is 807 g/mol. The van der Waals surface area contributed by atoms with Crippen molar-refractivity contribution in [1.29, 1.82) is 0 Å². The van der Waals surface area contributed by atoms with Crippen molar-refractivity contribution >= 4 is 65.7 Å². The molecule has 4 aromatic heterocycles. The van der Waals surface area contributed by atoms with Crippen LogP contribution in [0.3, 0.4) is 0 Å². The molecular weight excluding hydrogens is 773 g/mol. The summed E-state index contributed by atoms with van der Waals surface area (Å²) in [5.41, 5.74) is 13.6. The molecule has 6 nitrogen and oxygen atoms in total. The topological polar surface area (TPSA) is 69.9 Å². The summed E-state index contributed by atoms with van der Waals surface area (Å²) in [6.07, 6.45) is 0. The molecule has 13 aromatic rings. The lowest BCUT2D eigenvalue weighted by Crippen LogP contribution is -2.00. The molecule has 9 aromatic carbocycles. The highest BCUT2D eigenvalue weighted by atomic mass is 16.3. The molecule has 13 rings (SSSR count). The highest BCUT2D eigenvalue weighted by molar-refractivity contribution is 6.18. The van der Waals surface area contributed by atoms with Crippen molar-refractivity contribution in [2.75, 3.05) is 0 Å². The maximum absolute atomic E-state index is 6.72. The van der Waals surface area contributed by atoms with Crippen molar-refractivity contribution in [3.05, 3.63) is 206 Å². The second kappa shape index (κ2) is 14.0. The van der Waals surface area contributed by atoms with Crippen molar-refractivity contribution < 1.29 is 8.83 Å². The monoisotopic (exact) mass is 806 g/mol. The average Bonchev–Trinajstić information content (AvgIpc) is 4.04. The van der Waals surface area contributed by atoms with Crippen molar-refractivity contribution in [3.8, 4) is 62.1 Å². The predicted octanol–water partition coefficient (Wildman–Crippen LogP) is 15.1. The minimum Gasteiger partial charge on any atom is -0.456 e. The van der Waals surface area contributed by atoms with Gasteiger partial charge in [-0.25, -0.2) is 15.0 Å². The summed E-state index contributed by atoms with van der Waals surface area (Å²) < 4.78 is 15.3. The van der Waals surface area contributed by atoms with E-state index in [-0.39, 0.29) is 0 Å². The first-order chi connectivity index (χ1) is 31.2. The summed E-state index contributed by atoms with van der Waals surface area (Å²) in [6, 6.07) is 71.5. The van der Waals surface area contributed by atoms with Crippen LogP contribution in [0.1, 0.15) is 0 Å². The number of nitrogens with zero attached hydrogens (tertiary/aromatic N) is 4. The molecule has 0 aliphatic rings. The van der Waals surface area contributed by atoms with Gasteiger partial charge in [0.25, 0.3) is 0 Å². The standard InChI is InChI=1S/C57H34N4O2/c1-2-14-35(15-3-1)36-28-30-37(31-29-36)55-58-56(38-32-33-50-45(34-38)42-19-7-11-25-49(42)62-50)60-57(59-55)44-21-13-27-52-54(44)53-43(20-12-26-51(53)63-52)41-18-6-10-24-48(41)61-46-22-8-4-16-39(46)40-17-5-9-23-47(40)61/h1-34H. The number of fused-ring (bicyclic) bond motifs is 9. The first-order valence-electron chi connectivity index (χ1n) is 21.1. The summed E-state index contributed by atoms with van der Waals surface area (Å²) in [5.74, 6) is 1.70. The van der Waals surface area contributed by atoms with E-state index in [4.69, 9.17) is 23.8 Å². The zero-order chi connectivity index (χ0) is 41.4. The number of hydrogen-bond donors (Lipinski definition) is 0. The Morgan fingerprint density at radius 3 is 1.56 bits per heavy atom. The molecule has 6 heteroatoms. The van der Waals surface area contributed by atoms with Gasteiger partial charge in [-0.15, -0.1) is 0 Å². The number of hydrogen-bond acceptors (Lipinski definition) is 5. The van der Waals surface area contributed by atoms with Gasteiger partial charge in [0, 0.05) is 54.6 Å². The minimum atomic E-state index is 0.554. The molecule has 0 unspecified atom stereocenters. The number of rotatable bonds is 6. The molecule has 0 spiro atoms. The summed E-state index contributed by atoms with van der Waals surface area (Å²) in [6.45, 7) is 0. The molecule has 0 saturated carbocycles.